The third-order valence-electron chi connectivity index (χ3n) is 3.98. The molecule has 154 valence electrons. The molecule has 8 heteroatoms. The first-order valence-corrected chi connectivity index (χ1v) is 9.07. The van der Waals surface area contributed by atoms with Crippen molar-refractivity contribution in [1.29, 1.82) is 0 Å². The number of methoxy groups -OCH3 is 1. The van der Waals surface area contributed by atoms with Crippen LogP contribution in [0.3, 0.4) is 0 Å². The Morgan fingerprint density at radius 2 is 1.69 bits per heavy atom. The molecule has 0 aliphatic carbocycles. The van der Waals surface area contributed by atoms with E-state index < -0.39 is 18.5 Å². The maximum atomic E-state index is 12.8. The maximum Gasteiger partial charge on any atom is 0.308 e. The van der Waals surface area contributed by atoms with Crippen molar-refractivity contribution in [3.8, 4) is 5.75 Å². The van der Waals surface area contributed by atoms with Crippen molar-refractivity contribution in [2.75, 3.05) is 26.8 Å². The van der Waals surface area contributed by atoms with E-state index in [-0.39, 0.29) is 24.7 Å². The van der Waals surface area contributed by atoms with Crippen LogP contribution in [0.4, 0.5) is 4.39 Å². The molecule has 0 atom stereocenters. The van der Waals surface area contributed by atoms with Crippen LogP contribution >= 0.6 is 0 Å². The Morgan fingerprint density at radius 3 is 2.41 bits per heavy atom. The lowest BCUT2D eigenvalue weighted by Gasteiger charge is -2.09. The Balaban J connectivity index is 1.60. The first-order chi connectivity index (χ1) is 14.0. The summed E-state index contributed by atoms with van der Waals surface area (Å²) in [6.07, 6.45) is 0.471. The van der Waals surface area contributed by atoms with Gasteiger partial charge in [0.1, 0.15) is 11.6 Å². The highest BCUT2D eigenvalue weighted by Crippen LogP contribution is 2.16. The van der Waals surface area contributed by atoms with Crippen LogP contribution in [0.5, 0.6) is 5.75 Å². The van der Waals surface area contributed by atoms with Crippen molar-refractivity contribution < 1.29 is 28.2 Å². The van der Waals surface area contributed by atoms with E-state index in [1.54, 1.807) is 36.4 Å². The second-order valence-corrected chi connectivity index (χ2v) is 6.09. The topological polar surface area (TPSA) is 93.7 Å². The summed E-state index contributed by atoms with van der Waals surface area (Å²) in [7, 11) is 1.47. The van der Waals surface area contributed by atoms with E-state index in [0.717, 1.165) is 5.56 Å². The van der Waals surface area contributed by atoms with E-state index >= 15 is 0 Å². The zero-order chi connectivity index (χ0) is 21.1. The number of para-hydroxylation sites is 1. The highest BCUT2D eigenvalue weighted by molar-refractivity contribution is 5.97. The average molecular weight is 402 g/mol. The van der Waals surface area contributed by atoms with Crippen molar-refractivity contribution >= 4 is 17.8 Å². The molecule has 0 fully saturated rings. The average Bonchev–Trinajstić information content (AvgIpc) is 2.73. The second kappa shape index (κ2) is 11.4. The molecule has 0 unspecified atom stereocenters. The third kappa shape index (κ3) is 7.61. The standard InChI is InChI=1S/C21H23FN2O5/c1-28-18-5-3-2-4-17(18)21(27)24-13-11-20(26)29-14-19(25)23-12-10-15-6-8-16(22)9-7-15/h2-9H,10-14H2,1H3,(H,23,25)(H,24,27). The summed E-state index contributed by atoms with van der Waals surface area (Å²) < 4.78 is 22.8. The fraction of sp³-hybridized carbons (Fsp3) is 0.286. The molecule has 0 heterocycles. The van der Waals surface area contributed by atoms with Crippen molar-refractivity contribution in [2.24, 2.45) is 0 Å². The third-order valence-corrected chi connectivity index (χ3v) is 3.98. The SMILES string of the molecule is COc1ccccc1C(=O)NCCC(=O)OCC(=O)NCCc1ccc(F)cc1. The molecular formula is C21H23FN2O5. The fourth-order valence-electron chi connectivity index (χ4n) is 2.47. The normalized spacial score (nSPS) is 10.1. The number of ether oxygens (including phenoxy) is 2. The number of benzene rings is 2. The molecule has 0 bridgehead atoms. The smallest absolute Gasteiger partial charge is 0.308 e. The van der Waals surface area contributed by atoms with Crippen molar-refractivity contribution in [3.05, 3.63) is 65.5 Å². The molecule has 0 aromatic heterocycles. The van der Waals surface area contributed by atoms with E-state index in [1.165, 1.54) is 19.2 Å². The van der Waals surface area contributed by atoms with Gasteiger partial charge in [0.15, 0.2) is 6.61 Å². The second-order valence-electron chi connectivity index (χ2n) is 6.09. The first kappa shape index (κ1) is 21.9. The number of hydrogen-bond donors (Lipinski definition) is 2. The molecule has 29 heavy (non-hydrogen) atoms. The zero-order valence-corrected chi connectivity index (χ0v) is 16.1. The number of esters is 1. The van der Waals surface area contributed by atoms with Gasteiger partial charge in [-0.25, -0.2) is 4.39 Å². The summed E-state index contributed by atoms with van der Waals surface area (Å²) in [4.78, 5) is 35.5. The van der Waals surface area contributed by atoms with E-state index in [1.807, 2.05) is 0 Å². The van der Waals surface area contributed by atoms with Gasteiger partial charge < -0.3 is 20.1 Å². The predicted octanol–water partition coefficient (Wildman–Crippen LogP) is 1.86. The van der Waals surface area contributed by atoms with Crippen LogP contribution in [0.15, 0.2) is 48.5 Å². The van der Waals surface area contributed by atoms with Gasteiger partial charge in [-0.1, -0.05) is 24.3 Å². The lowest BCUT2D eigenvalue weighted by atomic mass is 10.1. The molecule has 0 saturated carbocycles. The summed E-state index contributed by atoms with van der Waals surface area (Å²) in [6.45, 7) is 0.0155. The van der Waals surface area contributed by atoms with Gasteiger partial charge in [0, 0.05) is 13.1 Å². The predicted molar refractivity (Wildman–Crippen MR) is 104 cm³/mol. The summed E-state index contributed by atoms with van der Waals surface area (Å²) in [5, 5.41) is 5.22. The molecular weight excluding hydrogens is 379 g/mol. The molecule has 0 saturated heterocycles. The summed E-state index contributed by atoms with van der Waals surface area (Å²) >= 11 is 0. The minimum Gasteiger partial charge on any atom is -0.496 e. The molecule has 0 spiro atoms. The van der Waals surface area contributed by atoms with E-state index in [4.69, 9.17) is 9.47 Å². The molecule has 2 aromatic carbocycles. The van der Waals surface area contributed by atoms with Crippen LogP contribution in [0, 0.1) is 5.82 Å². The quantitative estimate of drug-likeness (QED) is 0.592. The highest BCUT2D eigenvalue weighted by Gasteiger charge is 2.12. The van der Waals surface area contributed by atoms with E-state index in [2.05, 4.69) is 10.6 Å². The number of hydrogen-bond acceptors (Lipinski definition) is 5. The van der Waals surface area contributed by atoms with Crippen molar-refractivity contribution in [2.45, 2.75) is 12.8 Å². The molecule has 2 N–H and O–H groups in total. The number of amides is 2. The number of carbonyl (C=O) groups excluding carboxylic acids is 3. The minimum atomic E-state index is -0.598. The summed E-state index contributed by atoms with van der Waals surface area (Å²) in [5.41, 5.74) is 1.25. The molecule has 0 radical (unpaired) electrons. The van der Waals surface area contributed by atoms with Gasteiger partial charge in [-0.15, -0.1) is 0 Å². The molecule has 0 aliphatic rings. The highest BCUT2D eigenvalue weighted by atomic mass is 19.1. The molecule has 2 rings (SSSR count). The molecule has 7 nitrogen and oxygen atoms in total. The Bertz CT molecular complexity index is 839. The maximum absolute atomic E-state index is 12.8. The van der Waals surface area contributed by atoms with Crippen LogP contribution in [0.1, 0.15) is 22.3 Å². The zero-order valence-electron chi connectivity index (χ0n) is 16.1. The largest absolute Gasteiger partial charge is 0.496 e. The van der Waals surface area contributed by atoms with Crippen LogP contribution in [-0.2, 0) is 20.7 Å². The number of carbonyl (C=O) groups is 3. The summed E-state index contributed by atoms with van der Waals surface area (Å²) in [5.74, 6) is -1.28. The fourth-order valence-corrected chi connectivity index (χ4v) is 2.47. The van der Waals surface area contributed by atoms with Gasteiger partial charge in [0.05, 0.1) is 19.1 Å². The monoisotopic (exact) mass is 402 g/mol. The number of halogens is 1. The molecule has 2 amide bonds. The van der Waals surface area contributed by atoms with Crippen LogP contribution in [0.2, 0.25) is 0 Å². The minimum absolute atomic E-state index is 0.0657. The van der Waals surface area contributed by atoms with Gasteiger partial charge in [0.25, 0.3) is 11.8 Å². The lowest BCUT2D eigenvalue weighted by Crippen LogP contribution is -2.31. The number of nitrogens with one attached hydrogen (secondary N) is 2. The van der Waals surface area contributed by atoms with Crippen molar-refractivity contribution in [1.82, 2.24) is 10.6 Å². The Morgan fingerprint density at radius 1 is 0.966 bits per heavy atom. The van der Waals surface area contributed by atoms with E-state index in [9.17, 15) is 18.8 Å². The van der Waals surface area contributed by atoms with Gasteiger partial charge >= 0.3 is 5.97 Å². The van der Waals surface area contributed by atoms with Crippen LogP contribution in [0.25, 0.3) is 0 Å². The Labute approximate surface area is 168 Å². The van der Waals surface area contributed by atoms with Crippen LogP contribution < -0.4 is 15.4 Å². The van der Waals surface area contributed by atoms with E-state index in [0.29, 0.717) is 24.3 Å². The van der Waals surface area contributed by atoms with Crippen molar-refractivity contribution in [3.63, 3.8) is 0 Å². The lowest BCUT2D eigenvalue weighted by molar-refractivity contribution is -0.148. The van der Waals surface area contributed by atoms with Gasteiger partial charge in [-0.2, -0.15) is 0 Å². The first-order valence-electron chi connectivity index (χ1n) is 9.07. The summed E-state index contributed by atoms with van der Waals surface area (Å²) in [6, 6.07) is 12.7. The Kier molecular flexibility index (Phi) is 8.62. The Hall–Kier alpha value is -3.42. The van der Waals surface area contributed by atoms with Gasteiger partial charge in [-0.3, -0.25) is 14.4 Å². The molecule has 2 aromatic rings. The van der Waals surface area contributed by atoms with Gasteiger partial charge in [-0.05, 0) is 36.2 Å². The number of rotatable bonds is 10. The molecule has 0 aliphatic heterocycles. The van der Waals surface area contributed by atoms with Gasteiger partial charge in [0.2, 0.25) is 0 Å². The van der Waals surface area contributed by atoms with Crippen LogP contribution in [-0.4, -0.2) is 44.6 Å².